The minimum Gasteiger partial charge on any atom is -0.497 e. The molecule has 212 valence electrons. The van der Waals surface area contributed by atoms with Crippen molar-refractivity contribution in [2.24, 2.45) is 0 Å². The van der Waals surface area contributed by atoms with Gasteiger partial charge in [0.25, 0.3) is 5.91 Å². The number of thiophene rings is 1. The molecule has 0 aliphatic carbocycles. The Morgan fingerprint density at radius 3 is 2.50 bits per heavy atom. The number of nitrogens with zero attached hydrogens (tertiary/aromatic N) is 1. The Kier molecular flexibility index (Phi) is 12.7. The Hall–Kier alpha value is -3.17. The SMILES string of the molecule is CC.COc1cccc(SN(Cc2cccs2)CC(O)C(Cc2ccccc2)NC(=O)c2cccc(F)c2C)c1. The molecule has 0 fully saturated rings. The second-order valence-corrected chi connectivity index (χ2v) is 11.1. The van der Waals surface area contributed by atoms with Crippen LogP contribution in [0.15, 0.2) is 95.2 Å². The Morgan fingerprint density at radius 2 is 1.80 bits per heavy atom. The molecule has 1 heterocycles. The summed E-state index contributed by atoms with van der Waals surface area (Å²) in [5.41, 5.74) is 1.53. The molecule has 0 aliphatic heterocycles. The Labute approximate surface area is 245 Å². The van der Waals surface area contributed by atoms with Crippen LogP contribution in [0.1, 0.15) is 40.2 Å². The van der Waals surface area contributed by atoms with E-state index in [1.807, 2.05) is 79.9 Å². The molecule has 0 radical (unpaired) electrons. The van der Waals surface area contributed by atoms with Gasteiger partial charge in [-0.05, 0) is 78.2 Å². The van der Waals surface area contributed by atoms with Gasteiger partial charge in [0.05, 0.1) is 19.3 Å². The summed E-state index contributed by atoms with van der Waals surface area (Å²) < 4.78 is 21.6. The lowest BCUT2D eigenvalue weighted by atomic mass is 9.99. The van der Waals surface area contributed by atoms with Crippen molar-refractivity contribution in [3.8, 4) is 5.75 Å². The fraction of sp³-hybridized carbons (Fsp3) is 0.281. The zero-order valence-corrected chi connectivity index (χ0v) is 25.0. The molecular weight excluding hydrogens is 543 g/mol. The second kappa shape index (κ2) is 16.2. The highest BCUT2D eigenvalue weighted by molar-refractivity contribution is 7.97. The van der Waals surface area contributed by atoms with Crippen LogP contribution < -0.4 is 10.1 Å². The highest BCUT2D eigenvalue weighted by Gasteiger charge is 2.26. The van der Waals surface area contributed by atoms with Gasteiger partial charge in [-0.1, -0.05) is 62.4 Å². The second-order valence-electron chi connectivity index (χ2n) is 8.92. The van der Waals surface area contributed by atoms with Gasteiger partial charge < -0.3 is 15.2 Å². The van der Waals surface area contributed by atoms with Crippen LogP contribution in [-0.2, 0) is 13.0 Å². The average molecular weight is 581 g/mol. The first-order chi connectivity index (χ1) is 19.4. The maximum absolute atomic E-state index is 14.1. The molecule has 2 atom stereocenters. The summed E-state index contributed by atoms with van der Waals surface area (Å²) in [6.07, 6.45) is -0.468. The third-order valence-electron chi connectivity index (χ3n) is 6.17. The van der Waals surface area contributed by atoms with Gasteiger partial charge in [0, 0.05) is 28.4 Å². The molecule has 4 aromatic rings. The van der Waals surface area contributed by atoms with Crippen molar-refractivity contribution in [1.29, 1.82) is 0 Å². The number of hydrogen-bond acceptors (Lipinski definition) is 6. The summed E-state index contributed by atoms with van der Waals surface area (Å²) in [6.45, 7) is 6.49. The molecule has 0 spiro atoms. The number of aliphatic hydroxyl groups excluding tert-OH is 1. The number of aliphatic hydroxyl groups is 1. The van der Waals surface area contributed by atoms with E-state index in [0.717, 1.165) is 21.1 Å². The maximum atomic E-state index is 14.1. The van der Waals surface area contributed by atoms with E-state index >= 15 is 0 Å². The Balaban J connectivity index is 0.00000216. The number of carbonyl (C=O) groups is 1. The lowest BCUT2D eigenvalue weighted by molar-refractivity contribution is 0.0786. The van der Waals surface area contributed by atoms with E-state index in [-0.39, 0.29) is 11.1 Å². The first-order valence-electron chi connectivity index (χ1n) is 13.3. The van der Waals surface area contributed by atoms with E-state index in [2.05, 4.69) is 15.7 Å². The third-order valence-corrected chi connectivity index (χ3v) is 8.03. The van der Waals surface area contributed by atoms with Crippen LogP contribution in [0.3, 0.4) is 0 Å². The standard InChI is InChI=1S/C30H31FN2O3S2.C2H6/c1-21-26(14-7-15-27(21)31)30(35)32-28(17-22-9-4-3-5-10-22)29(34)20-33(19-25-13-8-16-37-25)38-24-12-6-11-23(18-24)36-2;1-2/h3-16,18,28-29,34H,17,19-20H2,1-2H3,(H,32,35);1-2H3. The molecule has 0 saturated carbocycles. The topological polar surface area (TPSA) is 61.8 Å². The maximum Gasteiger partial charge on any atom is 0.251 e. The number of nitrogens with one attached hydrogen (secondary N) is 1. The van der Waals surface area contributed by atoms with Crippen molar-refractivity contribution in [3.05, 3.63) is 118 Å². The zero-order valence-electron chi connectivity index (χ0n) is 23.3. The average Bonchev–Trinajstić information content (AvgIpc) is 3.49. The summed E-state index contributed by atoms with van der Waals surface area (Å²) in [6, 6.07) is 25.4. The summed E-state index contributed by atoms with van der Waals surface area (Å²) in [5, 5.41) is 16.5. The molecule has 1 aromatic heterocycles. The van der Waals surface area contributed by atoms with Gasteiger partial charge >= 0.3 is 0 Å². The van der Waals surface area contributed by atoms with Gasteiger partial charge in [-0.25, -0.2) is 8.70 Å². The monoisotopic (exact) mass is 580 g/mol. The van der Waals surface area contributed by atoms with Crippen molar-refractivity contribution in [1.82, 2.24) is 9.62 Å². The summed E-state index contributed by atoms with van der Waals surface area (Å²) in [5.74, 6) is -0.0897. The van der Waals surface area contributed by atoms with Crippen LogP contribution in [0.25, 0.3) is 0 Å². The molecule has 2 N–H and O–H groups in total. The predicted molar refractivity (Wildman–Crippen MR) is 163 cm³/mol. The highest BCUT2D eigenvalue weighted by Crippen LogP contribution is 2.29. The predicted octanol–water partition coefficient (Wildman–Crippen LogP) is 7.14. The summed E-state index contributed by atoms with van der Waals surface area (Å²) >= 11 is 3.18. The number of benzene rings is 3. The van der Waals surface area contributed by atoms with E-state index < -0.39 is 23.9 Å². The summed E-state index contributed by atoms with van der Waals surface area (Å²) in [4.78, 5) is 15.3. The van der Waals surface area contributed by atoms with E-state index in [1.165, 1.54) is 24.1 Å². The van der Waals surface area contributed by atoms with Gasteiger partial charge in [0.2, 0.25) is 0 Å². The molecule has 2 unspecified atom stereocenters. The normalized spacial score (nSPS) is 12.3. The Morgan fingerprint density at radius 1 is 1.05 bits per heavy atom. The lowest BCUT2D eigenvalue weighted by Gasteiger charge is -2.29. The molecule has 0 saturated heterocycles. The van der Waals surface area contributed by atoms with Crippen molar-refractivity contribution in [2.75, 3.05) is 13.7 Å². The minimum atomic E-state index is -0.897. The molecule has 0 aliphatic rings. The van der Waals surface area contributed by atoms with Crippen LogP contribution in [0, 0.1) is 12.7 Å². The smallest absolute Gasteiger partial charge is 0.251 e. The molecule has 40 heavy (non-hydrogen) atoms. The van der Waals surface area contributed by atoms with Crippen LogP contribution >= 0.6 is 23.3 Å². The quantitative estimate of drug-likeness (QED) is 0.174. The molecular formula is C32H37FN2O3S2. The number of methoxy groups -OCH3 is 1. The summed E-state index contributed by atoms with van der Waals surface area (Å²) in [7, 11) is 1.63. The van der Waals surface area contributed by atoms with E-state index in [0.29, 0.717) is 19.5 Å². The Bertz CT molecular complexity index is 1320. The molecule has 3 aromatic carbocycles. The first kappa shape index (κ1) is 31.4. The lowest BCUT2D eigenvalue weighted by Crippen LogP contribution is -2.48. The van der Waals surface area contributed by atoms with Crippen molar-refractivity contribution in [2.45, 2.75) is 50.8 Å². The number of amides is 1. The van der Waals surface area contributed by atoms with Gasteiger partial charge in [-0.3, -0.25) is 4.79 Å². The number of rotatable bonds is 12. The highest BCUT2D eigenvalue weighted by atomic mass is 32.2. The molecule has 0 bridgehead atoms. The van der Waals surface area contributed by atoms with Crippen molar-refractivity contribution >= 4 is 29.2 Å². The van der Waals surface area contributed by atoms with E-state index in [9.17, 15) is 14.3 Å². The number of carbonyl (C=O) groups excluding carboxylic acids is 1. The van der Waals surface area contributed by atoms with E-state index in [4.69, 9.17) is 4.74 Å². The number of hydrogen-bond donors (Lipinski definition) is 2. The fourth-order valence-corrected chi connectivity index (χ4v) is 5.94. The molecule has 8 heteroatoms. The zero-order chi connectivity index (χ0) is 28.9. The van der Waals surface area contributed by atoms with Crippen LogP contribution in [0.4, 0.5) is 4.39 Å². The van der Waals surface area contributed by atoms with Gasteiger partial charge in [-0.15, -0.1) is 11.3 Å². The largest absolute Gasteiger partial charge is 0.497 e. The molecule has 1 amide bonds. The number of halogens is 1. The molecule has 4 rings (SSSR count). The van der Waals surface area contributed by atoms with Crippen LogP contribution in [-0.4, -0.2) is 41.1 Å². The third kappa shape index (κ3) is 9.20. The van der Waals surface area contributed by atoms with Gasteiger partial charge in [-0.2, -0.15) is 0 Å². The van der Waals surface area contributed by atoms with Crippen molar-refractivity contribution < 1.29 is 19.0 Å². The van der Waals surface area contributed by atoms with Crippen LogP contribution in [0.2, 0.25) is 0 Å². The molecule has 5 nitrogen and oxygen atoms in total. The fourth-order valence-electron chi connectivity index (χ4n) is 4.10. The van der Waals surface area contributed by atoms with Crippen LogP contribution in [0.5, 0.6) is 5.75 Å². The van der Waals surface area contributed by atoms with Gasteiger partial charge in [0.15, 0.2) is 0 Å². The van der Waals surface area contributed by atoms with Gasteiger partial charge in [0.1, 0.15) is 11.6 Å². The minimum absolute atomic E-state index is 0.261. The number of ether oxygens (including phenoxy) is 1. The van der Waals surface area contributed by atoms with E-state index in [1.54, 1.807) is 31.4 Å². The first-order valence-corrected chi connectivity index (χ1v) is 15.0. The van der Waals surface area contributed by atoms with Crippen molar-refractivity contribution in [3.63, 3.8) is 0 Å².